The van der Waals surface area contributed by atoms with Gasteiger partial charge in [0.25, 0.3) is 0 Å². The highest BCUT2D eigenvalue weighted by Crippen LogP contribution is 2.29. The number of halogens is 2. The minimum Gasteiger partial charge on any atom is -0.386 e. The fourth-order valence-electron chi connectivity index (χ4n) is 2.55. The van der Waals surface area contributed by atoms with Crippen LogP contribution in [0.4, 0.5) is 0 Å². The van der Waals surface area contributed by atoms with Gasteiger partial charge in [-0.25, -0.2) is 0 Å². The van der Waals surface area contributed by atoms with Crippen LogP contribution in [0.5, 0.6) is 0 Å². The molecule has 1 N–H and O–H groups in total. The van der Waals surface area contributed by atoms with Crippen LogP contribution in [0.1, 0.15) is 12.8 Å². The Hall–Kier alpha value is -0.880. The molecule has 2 aromatic rings. The van der Waals surface area contributed by atoms with Gasteiger partial charge in [0.15, 0.2) is 0 Å². The highest BCUT2D eigenvalue weighted by molar-refractivity contribution is 9.10. The third-order valence-electron chi connectivity index (χ3n) is 3.59. The molecule has 1 saturated heterocycles. The zero-order valence-corrected chi connectivity index (χ0v) is 13.8. The second-order valence-corrected chi connectivity index (χ2v) is 6.70. The molecule has 0 radical (unpaired) electrons. The van der Waals surface area contributed by atoms with E-state index in [-0.39, 0.29) is 0 Å². The van der Waals surface area contributed by atoms with Crippen LogP contribution in [0.3, 0.4) is 0 Å². The van der Waals surface area contributed by atoms with Crippen molar-refractivity contribution in [1.82, 2.24) is 9.78 Å². The molecular formula is C15H16BrClN2O2. The standard InChI is InChI=1S/C15H16BrClN2O2/c16-13-8-19(9-15(20)6-1-7-21-10-15)18-14(13)11-2-4-12(17)5-3-11/h2-5,8,20H,1,6-7,9-10H2. The summed E-state index contributed by atoms with van der Waals surface area (Å²) in [6, 6.07) is 7.53. The van der Waals surface area contributed by atoms with Crippen LogP contribution in [0.2, 0.25) is 5.02 Å². The zero-order valence-electron chi connectivity index (χ0n) is 11.4. The van der Waals surface area contributed by atoms with Gasteiger partial charge in [-0.05, 0) is 40.9 Å². The Morgan fingerprint density at radius 1 is 1.38 bits per heavy atom. The molecule has 1 fully saturated rings. The lowest BCUT2D eigenvalue weighted by atomic mass is 9.97. The van der Waals surface area contributed by atoms with Crippen molar-refractivity contribution in [2.45, 2.75) is 25.0 Å². The van der Waals surface area contributed by atoms with Crippen molar-refractivity contribution in [2.24, 2.45) is 0 Å². The largest absolute Gasteiger partial charge is 0.386 e. The molecule has 0 spiro atoms. The maximum absolute atomic E-state index is 10.5. The topological polar surface area (TPSA) is 47.3 Å². The summed E-state index contributed by atoms with van der Waals surface area (Å²) < 4.78 is 8.03. The minimum absolute atomic E-state index is 0.362. The molecule has 0 bridgehead atoms. The van der Waals surface area contributed by atoms with Crippen molar-refractivity contribution in [2.75, 3.05) is 13.2 Å². The number of hydrogen-bond donors (Lipinski definition) is 1. The van der Waals surface area contributed by atoms with E-state index in [1.807, 2.05) is 30.5 Å². The average molecular weight is 372 g/mol. The number of nitrogens with zero attached hydrogens (tertiary/aromatic N) is 2. The summed E-state index contributed by atoms with van der Waals surface area (Å²) in [7, 11) is 0. The molecule has 1 aliphatic rings. The van der Waals surface area contributed by atoms with E-state index in [0.29, 0.717) is 18.2 Å². The molecule has 112 valence electrons. The summed E-state index contributed by atoms with van der Waals surface area (Å²) in [6.07, 6.45) is 3.50. The normalized spacial score (nSPS) is 22.4. The molecule has 3 rings (SSSR count). The van der Waals surface area contributed by atoms with Crippen molar-refractivity contribution in [1.29, 1.82) is 0 Å². The highest BCUT2D eigenvalue weighted by atomic mass is 79.9. The molecule has 0 saturated carbocycles. The SMILES string of the molecule is OC1(Cn2cc(Br)c(-c3ccc(Cl)cc3)n2)CCCOC1. The van der Waals surface area contributed by atoms with Gasteiger partial charge in [-0.15, -0.1) is 0 Å². The van der Waals surface area contributed by atoms with Gasteiger partial charge in [-0.1, -0.05) is 23.7 Å². The molecule has 1 unspecified atom stereocenters. The Morgan fingerprint density at radius 3 is 2.81 bits per heavy atom. The molecule has 2 heterocycles. The molecule has 6 heteroatoms. The smallest absolute Gasteiger partial charge is 0.107 e. The second kappa shape index (κ2) is 6.08. The summed E-state index contributed by atoms with van der Waals surface area (Å²) in [5.74, 6) is 0. The number of ether oxygens (including phenoxy) is 1. The van der Waals surface area contributed by atoms with Crippen molar-refractivity contribution >= 4 is 27.5 Å². The first-order chi connectivity index (χ1) is 10.1. The number of benzene rings is 1. The Kier molecular flexibility index (Phi) is 4.36. The Morgan fingerprint density at radius 2 is 2.14 bits per heavy atom. The van der Waals surface area contributed by atoms with Gasteiger partial charge in [0.2, 0.25) is 0 Å². The fourth-order valence-corrected chi connectivity index (χ4v) is 3.22. The van der Waals surface area contributed by atoms with Crippen LogP contribution in [0, 0.1) is 0 Å². The second-order valence-electron chi connectivity index (χ2n) is 5.41. The minimum atomic E-state index is -0.832. The monoisotopic (exact) mass is 370 g/mol. The highest BCUT2D eigenvalue weighted by Gasteiger charge is 2.31. The van der Waals surface area contributed by atoms with Gasteiger partial charge in [-0.2, -0.15) is 5.10 Å². The molecular weight excluding hydrogens is 356 g/mol. The molecule has 21 heavy (non-hydrogen) atoms. The van der Waals surface area contributed by atoms with Crippen LogP contribution >= 0.6 is 27.5 Å². The predicted octanol–water partition coefficient (Wildman–Crippen LogP) is 3.51. The summed E-state index contributed by atoms with van der Waals surface area (Å²) in [5, 5.41) is 15.8. The summed E-state index contributed by atoms with van der Waals surface area (Å²) in [5.41, 5.74) is 0.991. The average Bonchev–Trinajstić information content (AvgIpc) is 2.80. The first kappa shape index (κ1) is 15.0. The maximum atomic E-state index is 10.5. The van der Waals surface area contributed by atoms with Crippen LogP contribution in [0.25, 0.3) is 11.3 Å². The third-order valence-corrected chi connectivity index (χ3v) is 4.42. The van der Waals surface area contributed by atoms with Gasteiger partial charge < -0.3 is 9.84 Å². The quantitative estimate of drug-likeness (QED) is 0.898. The summed E-state index contributed by atoms with van der Waals surface area (Å²) in [6.45, 7) is 1.51. The van der Waals surface area contributed by atoms with Gasteiger partial charge in [-0.3, -0.25) is 4.68 Å². The van der Waals surface area contributed by atoms with Gasteiger partial charge in [0.1, 0.15) is 11.3 Å². The Bertz CT molecular complexity index is 621. The zero-order chi connectivity index (χ0) is 14.9. The molecule has 1 aromatic carbocycles. The van der Waals surface area contributed by atoms with E-state index in [0.717, 1.165) is 35.2 Å². The Labute approximate surface area is 136 Å². The van der Waals surface area contributed by atoms with E-state index in [4.69, 9.17) is 16.3 Å². The molecule has 1 aromatic heterocycles. The van der Waals surface area contributed by atoms with E-state index in [2.05, 4.69) is 21.0 Å². The number of aromatic nitrogens is 2. The number of aliphatic hydroxyl groups is 1. The van der Waals surface area contributed by atoms with Crippen LogP contribution in [-0.2, 0) is 11.3 Å². The lowest BCUT2D eigenvalue weighted by Gasteiger charge is -2.31. The first-order valence-corrected chi connectivity index (χ1v) is 8.02. The van der Waals surface area contributed by atoms with Crippen molar-refractivity contribution in [3.8, 4) is 11.3 Å². The van der Waals surface area contributed by atoms with E-state index in [1.165, 1.54) is 0 Å². The molecule has 1 atom stereocenters. The number of rotatable bonds is 3. The van der Waals surface area contributed by atoms with Crippen molar-refractivity contribution in [3.63, 3.8) is 0 Å². The van der Waals surface area contributed by atoms with Gasteiger partial charge in [0, 0.05) is 23.4 Å². The van der Waals surface area contributed by atoms with Crippen molar-refractivity contribution < 1.29 is 9.84 Å². The maximum Gasteiger partial charge on any atom is 0.107 e. The van der Waals surface area contributed by atoms with Crippen LogP contribution < -0.4 is 0 Å². The lowest BCUT2D eigenvalue weighted by Crippen LogP contribution is -2.42. The number of hydrogen-bond acceptors (Lipinski definition) is 3. The molecule has 1 aliphatic heterocycles. The van der Waals surface area contributed by atoms with Gasteiger partial charge in [0.05, 0.1) is 17.6 Å². The molecule has 4 nitrogen and oxygen atoms in total. The molecule has 0 amide bonds. The van der Waals surface area contributed by atoms with E-state index >= 15 is 0 Å². The van der Waals surface area contributed by atoms with Crippen molar-refractivity contribution in [3.05, 3.63) is 40.0 Å². The predicted molar refractivity (Wildman–Crippen MR) is 85.4 cm³/mol. The Balaban J connectivity index is 1.82. The van der Waals surface area contributed by atoms with E-state index < -0.39 is 5.60 Å². The molecule has 0 aliphatic carbocycles. The lowest BCUT2D eigenvalue weighted by molar-refractivity contribution is -0.0957. The first-order valence-electron chi connectivity index (χ1n) is 6.85. The van der Waals surface area contributed by atoms with E-state index in [1.54, 1.807) is 4.68 Å². The fraction of sp³-hybridized carbons (Fsp3) is 0.400. The van der Waals surface area contributed by atoms with E-state index in [9.17, 15) is 5.11 Å². The van der Waals surface area contributed by atoms with Crippen LogP contribution in [0.15, 0.2) is 34.9 Å². The summed E-state index contributed by atoms with van der Waals surface area (Å²) >= 11 is 9.43. The van der Waals surface area contributed by atoms with Gasteiger partial charge >= 0.3 is 0 Å². The third kappa shape index (κ3) is 3.48. The summed E-state index contributed by atoms with van der Waals surface area (Å²) in [4.78, 5) is 0. The van der Waals surface area contributed by atoms with Crippen LogP contribution in [-0.4, -0.2) is 33.7 Å².